The molecule has 0 aliphatic carbocycles. The average molecular weight is 139 g/mol. The third-order valence-corrected chi connectivity index (χ3v) is 0.743. The summed E-state index contributed by atoms with van der Waals surface area (Å²) in [4.78, 5) is 9.00. The fourth-order valence-corrected chi connectivity index (χ4v) is 0.415. The van der Waals surface area contributed by atoms with Crippen LogP contribution < -0.4 is 0 Å². The van der Waals surface area contributed by atoms with Gasteiger partial charge in [-0.1, -0.05) is 0 Å². The van der Waals surface area contributed by atoms with Crippen molar-refractivity contribution in [2.24, 2.45) is 5.11 Å². The van der Waals surface area contributed by atoms with Crippen molar-refractivity contribution in [2.45, 2.75) is 0 Å². The van der Waals surface area contributed by atoms with E-state index in [-0.39, 0.29) is 5.95 Å². The van der Waals surface area contributed by atoms with Crippen LogP contribution in [-0.2, 0) is 0 Å². The molecule has 10 heavy (non-hydrogen) atoms. The van der Waals surface area contributed by atoms with Crippen LogP contribution in [0.15, 0.2) is 17.4 Å². The second kappa shape index (κ2) is 2.75. The van der Waals surface area contributed by atoms with Crippen LogP contribution in [0, 0.1) is 5.95 Å². The second-order valence-electron chi connectivity index (χ2n) is 1.37. The molecule has 1 aromatic heterocycles. The lowest BCUT2D eigenvalue weighted by atomic mass is 10.7. The summed E-state index contributed by atoms with van der Waals surface area (Å²) < 4.78 is 12.2. The Balaban J connectivity index is 3.06. The molecule has 0 radical (unpaired) electrons. The first-order chi connectivity index (χ1) is 4.83. The molecule has 0 aromatic carbocycles. The molecule has 0 bridgehead atoms. The Morgan fingerprint density at radius 1 is 1.70 bits per heavy atom. The molecular formula is C4H2FN5. The molecule has 0 unspecified atom stereocenters. The highest BCUT2D eigenvalue weighted by Gasteiger charge is 1.91. The lowest BCUT2D eigenvalue weighted by Crippen LogP contribution is -1.82. The van der Waals surface area contributed by atoms with Crippen LogP contribution in [0.2, 0.25) is 0 Å². The highest BCUT2D eigenvalue weighted by molar-refractivity contribution is 5.11. The Kier molecular flexibility index (Phi) is 1.77. The van der Waals surface area contributed by atoms with E-state index in [4.69, 9.17) is 5.53 Å². The van der Waals surface area contributed by atoms with E-state index < -0.39 is 5.95 Å². The molecule has 50 valence electrons. The van der Waals surface area contributed by atoms with Gasteiger partial charge in [0.25, 0.3) is 0 Å². The van der Waals surface area contributed by atoms with Gasteiger partial charge in [0.15, 0.2) is 0 Å². The zero-order chi connectivity index (χ0) is 7.40. The van der Waals surface area contributed by atoms with Crippen LogP contribution in [0.1, 0.15) is 0 Å². The molecule has 1 aromatic rings. The minimum Gasteiger partial charge on any atom is -0.235 e. The van der Waals surface area contributed by atoms with Crippen LogP contribution in [-0.4, -0.2) is 9.97 Å². The van der Waals surface area contributed by atoms with E-state index in [1.54, 1.807) is 0 Å². The minimum absolute atomic E-state index is 0.206. The van der Waals surface area contributed by atoms with Crippen molar-refractivity contribution in [1.29, 1.82) is 0 Å². The SMILES string of the molecule is [N-]=[N+]=Nc1nccc(F)n1. The molecular weight excluding hydrogens is 137 g/mol. The number of halogens is 1. The number of nitrogens with zero attached hydrogens (tertiary/aromatic N) is 5. The van der Waals surface area contributed by atoms with Crippen molar-refractivity contribution in [3.63, 3.8) is 0 Å². The van der Waals surface area contributed by atoms with Gasteiger partial charge >= 0.3 is 0 Å². The number of hydrogen-bond donors (Lipinski definition) is 0. The zero-order valence-corrected chi connectivity index (χ0v) is 4.77. The number of azide groups is 1. The predicted molar refractivity (Wildman–Crippen MR) is 30.8 cm³/mol. The van der Waals surface area contributed by atoms with Crippen molar-refractivity contribution in [1.82, 2.24) is 9.97 Å². The number of rotatable bonds is 1. The molecule has 5 nitrogen and oxygen atoms in total. The van der Waals surface area contributed by atoms with Gasteiger partial charge in [-0.25, -0.2) is 4.98 Å². The van der Waals surface area contributed by atoms with E-state index in [9.17, 15) is 4.39 Å². The van der Waals surface area contributed by atoms with Gasteiger partial charge < -0.3 is 0 Å². The molecule has 0 saturated heterocycles. The van der Waals surface area contributed by atoms with Crippen LogP contribution in [0.4, 0.5) is 10.3 Å². The first-order valence-corrected chi connectivity index (χ1v) is 2.36. The van der Waals surface area contributed by atoms with Gasteiger partial charge in [-0.15, -0.1) is 0 Å². The molecule has 0 aliphatic rings. The Morgan fingerprint density at radius 2 is 2.50 bits per heavy atom. The maximum Gasteiger partial charge on any atom is 0.219 e. The van der Waals surface area contributed by atoms with Gasteiger partial charge in [-0.05, 0) is 10.6 Å². The molecule has 0 amide bonds. The van der Waals surface area contributed by atoms with Crippen LogP contribution in [0.5, 0.6) is 0 Å². The fraction of sp³-hybridized carbons (Fsp3) is 0. The smallest absolute Gasteiger partial charge is 0.219 e. The molecule has 1 heterocycles. The normalized spacial score (nSPS) is 8.50. The van der Waals surface area contributed by atoms with E-state index in [0.717, 1.165) is 6.07 Å². The average Bonchev–Trinajstić information content (AvgIpc) is 1.88. The van der Waals surface area contributed by atoms with Gasteiger partial charge in [0.2, 0.25) is 11.9 Å². The van der Waals surface area contributed by atoms with Crippen molar-refractivity contribution in [2.75, 3.05) is 0 Å². The molecule has 0 N–H and O–H groups in total. The molecule has 0 saturated carbocycles. The molecule has 6 heteroatoms. The Morgan fingerprint density at radius 3 is 3.10 bits per heavy atom. The summed E-state index contributed by atoms with van der Waals surface area (Å²) in [5, 5.41) is 2.99. The Hall–Kier alpha value is -1.68. The number of aromatic nitrogens is 2. The maximum absolute atomic E-state index is 12.2. The molecule has 0 fully saturated rings. The van der Waals surface area contributed by atoms with Gasteiger partial charge in [0.1, 0.15) is 0 Å². The van der Waals surface area contributed by atoms with E-state index >= 15 is 0 Å². The summed E-state index contributed by atoms with van der Waals surface area (Å²) in [5.41, 5.74) is 7.87. The maximum atomic E-state index is 12.2. The van der Waals surface area contributed by atoms with Crippen LogP contribution >= 0.6 is 0 Å². The monoisotopic (exact) mass is 139 g/mol. The van der Waals surface area contributed by atoms with Crippen molar-refractivity contribution in [3.8, 4) is 0 Å². The summed E-state index contributed by atoms with van der Waals surface area (Å²) in [7, 11) is 0. The third kappa shape index (κ3) is 1.40. The largest absolute Gasteiger partial charge is 0.235 e. The van der Waals surface area contributed by atoms with Gasteiger partial charge in [-0.2, -0.15) is 9.37 Å². The lowest BCUT2D eigenvalue weighted by Gasteiger charge is -1.86. The second-order valence-corrected chi connectivity index (χ2v) is 1.37. The molecule has 0 spiro atoms. The predicted octanol–water partition coefficient (Wildman–Crippen LogP) is 1.56. The third-order valence-electron chi connectivity index (χ3n) is 0.743. The fourth-order valence-electron chi connectivity index (χ4n) is 0.415. The summed E-state index contributed by atoms with van der Waals surface area (Å²) in [5.74, 6) is -0.917. The zero-order valence-electron chi connectivity index (χ0n) is 4.77. The highest BCUT2D eigenvalue weighted by Crippen LogP contribution is 2.01. The Bertz CT molecular complexity index is 279. The first-order valence-electron chi connectivity index (χ1n) is 2.36. The van der Waals surface area contributed by atoms with E-state index in [0.29, 0.717) is 0 Å². The van der Waals surface area contributed by atoms with Gasteiger partial charge in [-0.3, -0.25) is 0 Å². The molecule has 0 aliphatic heterocycles. The van der Waals surface area contributed by atoms with Gasteiger partial charge in [0.05, 0.1) is 0 Å². The van der Waals surface area contributed by atoms with Crippen LogP contribution in [0.3, 0.4) is 0 Å². The standard InChI is InChI=1S/C4H2FN5/c5-3-1-2-7-4(8-3)9-10-6/h1-2H. The topological polar surface area (TPSA) is 74.5 Å². The van der Waals surface area contributed by atoms with E-state index in [1.165, 1.54) is 6.20 Å². The van der Waals surface area contributed by atoms with E-state index in [1.807, 2.05) is 0 Å². The van der Waals surface area contributed by atoms with Crippen molar-refractivity contribution < 1.29 is 4.39 Å². The molecule has 1 rings (SSSR count). The van der Waals surface area contributed by atoms with Crippen LogP contribution in [0.25, 0.3) is 10.4 Å². The van der Waals surface area contributed by atoms with Crippen molar-refractivity contribution in [3.05, 3.63) is 28.7 Å². The Labute approximate surface area is 55.2 Å². The first kappa shape index (κ1) is 6.44. The molecule has 0 atom stereocenters. The summed E-state index contributed by atoms with van der Waals surface area (Å²) in [6.07, 6.45) is 1.17. The highest BCUT2D eigenvalue weighted by atomic mass is 19.1. The quantitative estimate of drug-likeness (QED) is 0.256. The minimum atomic E-state index is -0.711. The van der Waals surface area contributed by atoms with Crippen molar-refractivity contribution >= 4 is 5.95 Å². The number of hydrogen-bond acceptors (Lipinski definition) is 3. The lowest BCUT2D eigenvalue weighted by molar-refractivity contribution is 0.580. The summed E-state index contributed by atoms with van der Waals surface area (Å²) in [6, 6.07) is 1.07. The summed E-state index contributed by atoms with van der Waals surface area (Å²) in [6.45, 7) is 0. The van der Waals surface area contributed by atoms with Gasteiger partial charge in [0, 0.05) is 17.2 Å². The van der Waals surface area contributed by atoms with E-state index in [2.05, 4.69) is 20.0 Å². The summed E-state index contributed by atoms with van der Waals surface area (Å²) >= 11 is 0.